The van der Waals surface area contributed by atoms with Crippen LogP contribution in [0.2, 0.25) is 5.02 Å². The van der Waals surface area contributed by atoms with Crippen molar-refractivity contribution in [2.45, 2.75) is 19.5 Å². The third-order valence-electron chi connectivity index (χ3n) is 4.81. The standard InChI is InChI=1S/C22H19ClN4OS/c1-14(17-7-6-15-4-2-3-5-18(15)12-17)24-20(28)13-27-21(25-26-22(27)29)16-8-10-19(23)11-9-16/h2-12,14H,13H2,1H3,(H,24,28)(H,26,29). The smallest absolute Gasteiger partial charge is 0.240 e. The van der Waals surface area contributed by atoms with Gasteiger partial charge in [-0.25, -0.2) is 0 Å². The number of carbonyl (C=O) groups excluding carboxylic acids is 1. The van der Waals surface area contributed by atoms with E-state index < -0.39 is 0 Å². The van der Waals surface area contributed by atoms with Gasteiger partial charge in [0.15, 0.2) is 10.6 Å². The maximum Gasteiger partial charge on any atom is 0.240 e. The highest BCUT2D eigenvalue weighted by Crippen LogP contribution is 2.22. The maximum atomic E-state index is 12.7. The van der Waals surface area contributed by atoms with E-state index in [2.05, 4.69) is 39.8 Å². The zero-order valence-corrected chi connectivity index (χ0v) is 17.3. The van der Waals surface area contributed by atoms with E-state index >= 15 is 0 Å². The van der Waals surface area contributed by atoms with Crippen molar-refractivity contribution in [1.82, 2.24) is 20.1 Å². The van der Waals surface area contributed by atoms with Crippen molar-refractivity contribution in [1.29, 1.82) is 0 Å². The molecular weight excluding hydrogens is 404 g/mol. The van der Waals surface area contributed by atoms with E-state index in [0.29, 0.717) is 15.6 Å². The van der Waals surface area contributed by atoms with Crippen LogP contribution >= 0.6 is 23.8 Å². The third-order valence-corrected chi connectivity index (χ3v) is 5.38. The van der Waals surface area contributed by atoms with E-state index in [9.17, 15) is 4.79 Å². The minimum absolute atomic E-state index is 0.0746. The number of carbonyl (C=O) groups is 1. The number of amides is 1. The average Bonchev–Trinajstić information content (AvgIpc) is 3.08. The molecule has 0 spiro atoms. The summed E-state index contributed by atoms with van der Waals surface area (Å²) >= 11 is 11.3. The van der Waals surface area contributed by atoms with Crippen LogP contribution in [0, 0.1) is 4.77 Å². The average molecular weight is 423 g/mol. The van der Waals surface area contributed by atoms with Crippen molar-refractivity contribution in [2.75, 3.05) is 0 Å². The van der Waals surface area contributed by atoms with Gasteiger partial charge in [0.05, 0.1) is 6.04 Å². The molecule has 0 saturated heterocycles. The lowest BCUT2D eigenvalue weighted by Gasteiger charge is -2.16. The number of hydrogen-bond donors (Lipinski definition) is 2. The lowest BCUT2D eigenvalue weighted by molar-refractivity contribution is -0.122. The zero-order valence-electron chi connectivity index (χ0n) is 15.7. The molecule has 1 aromatic heterocycles. The number of fused-ring (bicyclic) bond motifs is 1. The molecule has 2 N–H and O–H groups in total. The quantitative estimate of drug-likeness (QED) is 0.429. The van der Waals surface area contributed by atoms with E-state index in [0.717, 1.165) is 16.5 Å². The first kappa shape index (κ1) is 19.4. The van der Waals surface area contributed by atoms with Gasteiger partial charge in [-0.05, 0) is 65.8 Å². The van der Waals surface area contributed by atoms with Crippen LogP contribution in [0.25, 0.3) is 22.2 Å². The lowest BCUT2D eigenvalue weighted by Crippen LogP contribution is -2.30. The summed E-state index contributed by atoms with van der Waals surface area (Å²) < 4.78 is 2.07. The number of nitrogens with one attached hydrogen (secondary N) is 2. The molecule has 4 aromatic rings. The molecule has 7 heteroatoms. The van der Waals surface area contributed by atoms with Crippen molar-refractivity contribution in [3.05, 3.63) is 82.1 Å². The van der Waals surface area contributed by atoms with Crippen molar-refractivity contribution < 1.29 is 4.79 Å². The number of hydrogen-bond acceptors (Lipinski definition) is 3. The fourth-order valence-electron chi connectivity index (χ4n) is 3.27. The topological polar surface area (TPSA) is 62.7 Å². The Morgan fingerprint density at radius 1 is 1.14 bits per heavy atom. The Kier molecular flexibility index (Phi) is 5.47. The second kappa shape index (κ2) is 8.19. The number of halogens is 1. The van der Waals surface area contributed by atoms with E-state index in [-0.39, 0.29) is 18.5 Å². The highest BCUT2D eigenvalue weighted by molar-refractivity contribution is 7.71. The number of rotatable bonds is 5. The van der Waals surface area contributed by atoms with Gasteiger partial charge in [-0.1, -0.05) is 48.0 Å². The second-order valence-electron chi connectivity index (χ2n) is 6.84. The van der Waals surface area contributed by atoms with Gasteiger partial charge < -0.3 is 5.32 Å². The van der Waals surface area contributed by atoms with Crippen molar-refractivity contribution >= 4 is 40.5 Å². The fourth-order valence-corrected chi connectivity index (χ4v) is 3.60. The van der Waals surface area contributed by atoms with Crippen molar-refractivity contribution in [3.63, 3.8) is 0 Å². The summed E-state index contributed by atoms with van der Waals surface area (Å²) in [6, 6.07) is 21.5. The SMILES string of the molecule is CC(NC(=O)Cn1c(-c2ccc(Cl)cc2)n[nH]c1=S)c1ccc2ccccc2c1. The molecule has 0 aliphatic heterocycles. The Morgan fingerprint density at radius 2 is 1.86 bits per heavy atom. The van der Waals surface area contributed by atoms with Crippen LogP contribution in [-0.4, -0.2) is 20.7 Å². The van der Waals surface area contributed by atoms with Crippen LogP contribution < -0.4 is 5.32 Å². The van der Waals surface area contributed by atoms with Crippen LogP contribution in [-0.2, 0) is 11.3 Å². The van der Waals surface area contributed by atoms with Crippen LogP contribution in [0.1, 0.15) is 18.5 Å². The van der Waals surface area contributed by atoms with Gasteiger partial charge in [0, 0.05) is 10.6 Å². The van der Waals surface area contributed by atoms with E-state index in [4.69, 9.17) is 23.8 Å². The minimum atomic E-state index is -0.140. The molecule has 29 heavy (non-hydrogen) atoms. The summed E-state index contributed by atoms with van der Waals surface area (Å²) in [6.07, 6.45) is 0. The first-order valence-corrected chi connectivity index (χ1v) is 9.99. The summed E-state index contributed by atoms with van der Waals surface area (Å²) in [7, 11) is 0. The Hall–Kier alpha value is -2.96. The summed E-state index contributed by atoms with van der Waals surface area (Å²) in [4.78, 5) is 12.7. The largest absolute Gasteiger partial charge is 0.348 e. The number of aromatic amines is 1. The number of aromatic nitrogens is 3. The fraction of sp³-hybridized carbons (Fsp3) is 0.136. The molecule has 1 unspecified atom stereocenters. The molecule has 5 nitrogen and oxygen atoms in total. The van der Waals surface area contributed by atoms with E-state index in [1.165, 1.54) is 5.39 Å². The Bertz CT molecular complexity index is 1230. The molecule has 0 fully saturated rings. The van der Waals surface area contributed by atoms with Gasteiger partial charge in [-0.15, -0.1) is 0 Å². The maximum absolute atomic E-state index is 12.7. The van der Waals surface area contributed by atoms with Gasteiger partial charge in [0.25, 0.3) is 0 Å². The second-order valence-corrected chi connectivity index (χ2v) is 7.66. The predicted octanol–water partition coefficient (Wildman–Crippen LogP) is 5.29. The summed E-state index contributed by atoms with van der Waals surface area (Å²) in [5.74, 6) is 0.457. The molecule has 0 bridgehead atoms. The van der Waals surface area contributed by atoms with E-state index in [1.807, 2.05) is 37.3 Å². The van der Waals surface area contributed by atoms with Crippen LogP contribution in [0.5, 0.6) is 0 Å². The van der Waals surface area contributed by atoms with Gasteiger partial charge in [-0.2, -0.15) is 5.10 Å². The van der Waals surface area contributed by atoms with Crippen LogP contribution in [0.3, 0.4) is 0 Å². The van der Waals surface area contributed by atoms with E-state index in [1.54, 1.807) is 16.7 Å². The summed E-state index contributed by atoms with van der Waals surface area (Å²) in [5.41, 5.74) is 1.88. The molecular formula is C22H19ClN4OS. The Balaban J connectivity index is 1.51. The highest BCUT2D eigenvalue weighted by Gasteiger charge is 2.15. The molecule has 0 radical (unpaired) electrons. The highest BCUT2D eigenvalue weighted by atomic mass is 35.5. The van der Waals surface area contributed by atoms with Crippen LogP contribution in [0.4, 0.5) is 0 Å². The molecule has 1 atom stereocenters. The Labute approximate surface area is 178 Å². The zero-order chi connectivity index (χ0) is 20.4. The Morgan fingerprint density at radius 3 is 2.62 bits per heavy atom. The summed E-state index contributed by atoms with van der Waals surface area (Å²) in [5, 5.41) is 13.0. The first-order chi connectivity index (χ1) is 14.0. The number of benzene rings is 3. The molecule has 3 aromatic carbocycles. The van der Waals surface area contributed by atoms with Crippen LogP contribution in [0.15, 0.2) is 66.7 Å². The molecule has 4 rings (SSSR count). The minimum Gasteiger partial charge on any atom is -0.348 e. The lowest BCUT2D eigenvalue weighted by atomic mass is 10.0. The molecule has 0 saturated carbocycles. The number of H-pyrrole nitrogens is 1. The van der Waals surface area contributed by atoms with Gasteiger partial charge in [0.1, 0.15) is 6.54 Å². The number of nitrogens with zero attached hydrogens (tertiary/aromatic N) is 2. The molecule has 0 aliphatic carbocycles. The molecule has 1 amide bonds. The summed E-state index contributed by atoms with van der Waals surface area (Å²) in [6.45, 7) is 2.04. The monoisotopic (exact) mass is 422 g/mol. The molecule has 0 aliphatic rings. The van der Waals surface area contributed by atoms with Crippen molar-refractivity contribution in [3.8, 4) is 11.4 Å². The van der Waals surface area contributed by atoms with Gasteiger partial charge >= 0.3 is 0 Å². The molecule has 146 valence electrons. The normalized spacial score (nSPS) is 12.1. The van der Waals surface area contributed by atoms with Gasteiger partial charge in [0.2, 0.25) is 5.91 Å². The molecule has 1 heterocycles. The van der Waals surface area contributed by atoms with Crippen molar-refractivity contribution in [2.24, 2.45) is 0 Å². The predicted molar refractivity (Wildman–Crippen MR) is 118 cm³/mol. The third kappa shape index (κ3) is 4.23. The van der Waals surface area contributed by atoms with Gasteiger partial charge in [-0.3, -0.25) is 14.5 Å². The first-order valence-electron chi connectivity index (χ1n) is 9.20.